The van der Waals surface area contributed by atoms with E-state index in [2.05, 4.69) is 20.8 Å². The first-order valence-electron chi connectivity index (χ1n) is 6.32. The quantitative estimate of drug-likeness (QED) is 0.768. The first kappa shape index (κ1) is 12.3. The second kappa shape index (κ2) is 3.97. The zero-order chi connectivity index (χ0) is 12.0. The molecule has 0 amide bonds. The molecule has 2 N–H and O–H groups in total. The number of rotatable bonds is 4. The maximum absolute atomic E-state index is 9.33. The fourth-order valence-electron chi connectivity index (χ4n) is 3.66. The van der Waals surface area contributed by atoms with Gasteiger partial charge in [-0.15, -0.1) is 0 Å². The third kappa shape index (κ3) is 1.60. The lowest BCUT2D eigenvalue weighted by atomic mass is 9.70. The van der Waals surface area contributed by atoms with Crippen LogP contribution >= 0.6 is 0 Å². The Labute approximate surface area is 97.8 Å². The van der Waals surface area contributed by atoms with Crippen LogP contribution in [0.4, 0.5) is 0 Å². The molecule has 2 fully saturated rings. The predicted octanol–water partition coefficient (Wildman–Crippen LogP) is 1.57. The van der Waals surface area contributed by atoms with Crippen LogP contribution in [0.15, 0.2) is 0 Å². The molecule has 3 nitrogen and oxygen atoms in total. The second-order valence-electron chi connectivity index (χ2n) is 6.27. The van der Waals surface area contributed by atoms with Gasteiger partial charge in [0.1, 0.15) is 6.10 Å². The summed E-state index contributed by atoms with van der Waals surface area (Å²) >= 11 is 0. The Balaban J connectivity index is 1.99. The molecular formula is C13H24O3. The van der Waals surface area contributed by atoms with Crippen molar-refractivity contribution in [2.45, 2.75) is 52.2 Å². The van der Waals surface area contributed by atoms with Crippen LogP contribution in [-0.4, -0.2) is 35.6 Å². The minimum absolute atomic E-state index is 0.212. The van der Waals surface area contributed by atoms with E-state index in [9.17, 15) is 5.11 Å². The van der Waals surface area contributed by atoms with Crippen molar-refractivity contribution >= 4 is 0 Å². The van der Waals surface area contributed by atoms with Gasteiger partial charge in [0, 0.05) is 0 Å². The molecule has 0 saturated heterocycles. The first-order valence-corrected chi connectivity index (χ1v) is 6.32. The molecule has 0 spiro atoms. The van der Waals surface area contributed by atoms with Crippen LogP contribution in [0.2, 0.25) is 0 Å². The fourth-order valence-corrected chi connectivity index (χ4v) is 3.66. The van der Waals surface area contributed by atoms with E-state index in [0.29, 0.717) is 5.41 Å². The molecule has 2 aliphatic rings. The maximum atomic E-state index is 9.33. The normalized spacial score (nSPS) is 42.6. The number of ether oxygens (including phenoxy) is 1. The molecule has 94 valence electrons. The van der Waals surface area contributed by atoms with Gasteiger partial charge in [0.25, 0.3) is 0 Å². The first-order chi connectivity index (χ1) is 7.41. The maximum Gasteiger partial charge on any atom is 0.100 e. The van der Waals surface area contributed by atoms with Crippen LogP contribution in [0.3, 0.4) is 0 Å². The molecule has 0 aliphatic heterocycles. The molecule has 0 radical (unpaired) electrons. The molecule has 0 aromatic carbocycles. The fraction of sp³-hybridized carbons (Fsp3) is 1.00. The van der Waals surface area contributed by atoms with Crippen LogP contribution < -0.4 is 0 Å². The topological polar surface area (TPSA) is 49.7 Å². The average Bonchev–Trinajstić information content (AvgIpc) is 2.58. The Bertz CT molecular complexity index is 264. The van der Waals surface area contributed by atoms with Crippen LogP contribution in [0, 0.1) is 16.7 Å². The van der Waals surface area contributed by atoms with Crippen molar-refractivity contribution in [1.29, 1.82) is 0 Å². The van der Waals surface area contributed by atoms with E-state index in [1.807, 2.05) is 0 Å². The van der Waals surface area contributed by atoms with Gasteiger partial charge in [0.05, 0.1) is 19.3 Å². The Kier molecular flexibility index (Phi) is 3.06. The molecule has 0 heterocycles. The third-order valence-electron chi connectivity index (χ3n) is 5.41. The van der Waals surface area contributed by atoms with Gasteiger partial charge in [-0.3, -0.25) is 0 Å². The molecule has 2 saturated carbocycles. The second-order valence-corrected chi connectivity index (χ2v) is 6.27. The van der Waals surface area contributed by atoms with Gasteiger partial charge in [-0.25, -0.2) is 0 Å². The van der Waals surface area contributed by atoms with Crippen molar-refractivity contribution in [3.63, 3.8) is 0 Å². The van der Waals surface area contributed by atoms with E-state index in [1.165, 1.54) is 12.8 Å². The number of hydrogen-bond donors (Lipinski definition) is 2. The summed E-state index contributed by atoms with van der Waals surface area (Å²) in [7, 11) is 0. The third-order valence-corrected chi connectivity index (χ3v) is 5.41. The summed E-state index contributed by atoms with van der Waals surface area (Å²) in [5.41, 5.74) is 0.592. The number of aliphatic hydroxyl groups excluding tert-OH is 2. The highest BCUT2D eigenvalue weighted by atomic mass is 16.5. The minimum Gasteiger partial charge on any atom is -0.394 e. The molecule has 2 aliphatic carbocycles. The zero-order valence-corrected chi connectivity index (χ0v) is 10.6. The smallest absolute Gasteiger partial charge is 0.100 e. The predicted molar refractivity (Wildman–Crippen MR) is 62.1 cm³/mol. The van der Waals surface area contributed by atoms with E-state index < -0.39 is 6.10 Å². The van der Waals surface area contributed by atoms with Crippen molar-refractivity contribution in [2.24, 2.45) is 16.7 Å². The Hall–Kier alpha value is -0.120. The van der Waals surface area contributed by atoms with Crippen molar-refractivity contribution in [3.05, 3.63) is 0 Å². The van der Waals surface area contributed by atoms with Crippen LogP contribution in [0.25, 0.3) is 0 Å². The molecule has 16 heavy (non-hydrogen) atoms. The molecule has 0 aromatic rings. The van der Waals surface area contributed by atoms with Crippen molar-refractivity contribution < 1.29 is 14.9 Å². The highest BCUT2D eigenvalue weighted by Gasteiger charge is 2.61. The summed E-state index contributed by atoms with van der Waals surface area (Å²) < 4.78 is 5.82. The monoisotopic (exact) mass is 228 g/mol. The van der Waals surface area contributed by atoms with Crippen LogP contribution in [0.5, 0.6) is 0 Å². The summed E-state index contributed by atoms with van der Waals surface area (Å²) in [5, 5.41) is 18.1. The lowest BCUT2D eigenvalue weighted by Gasteiger charge is -2.39. The summed E-state index contributed by atoms with van der Waals surface area (Å²) in [6.45, 7) is 7.05. The minimum atomic E-state index is -0.731. The lowest BCUT2D eigenvalue weighted by Crippen LogP contribution is -2.38. The zero-order valence-electron chi connectivity index (χ0n) is 10.6. The lowest BCUT2D eigenvalue weighted by molar-refractivity contribution is -0.0828. The van der Waals surface area contributed by atoms with Gasteiger partial charge < -0.3 is 14.9 Å². The number of aliphatic hydroxyl groups is 2. The highest BCUT2D eigenvalue weighted by Crippen LogP contribution is 2.66. The molecular weight excluding hydrogens is 204 g/mol. The number of hydrogen-bond acceptors (Lipinski definition) is 3. The Morgan fingerprint density at radius 3 is 2.50 bits per heavy atom. The standard InChI is InChI=1S/C13H24O3/c1-12(2)9-4-5-13(12,3)11(6-9)16-8-10(15)7-14/h9-11,14-15H,4-8H2,1-3H3. The largest absolute Gasteiger partial charge is 0.394 e. The molecule has 4 atom stereocenters. The summed E-state index contributed by atoms with van der Waals surface area (Å²) in [6.07, 6.45) is 3.17. The summed E-state index contributed by atoms with van der Waals surface area (Å²) in [6, 6.07) is 0. The van der Waals surface area contributed by atoms with Crippen LogP contribution in [-0.2, 0) is 4.74 Å². The Morgan fingerprint density at radius 2 is 2.06 bits per heavy atom. The highest BCUT2D eigenvalue weighted by molar-refractivity contribution is 5.11. The van der Waals surface area contributed by atoms with Crippen molar-refractivity contribution in [3.8, 4) is 0 Å². The van der Waals surface area contributed by atoms with Crippen molar-refractivity contribution in [2.75, 3.05) is 13.2 Å². The van der Waals surface area contributed by atoms with E-state index >= 15 is 0 Å². The van der Waals surface area contributed by atoms with Gasteiger partial charge in [0.15, 0.2) is 0 Å². The van der Waals surface area contributed by atoms with Crippen LogP contribution in [0.1, 0.15) is 40.0 Å². The van der Waals surface area contributed by atoms with Gasteiger partial charge in [0.2, 0.25) is 0 Å². The number of fused-ring (bicyclic) bond motifs is 2. The van der Waals surface area contributed by atoms with E-state index in [0.717, 1.165) is 12.3 Å². The molecule has 2 rings (SSSR count). The Morgan fingerprint density at radius 1 is 1.38 bits per heavy atom. The molecule has 3 heteroatoms. The summed E-state index contributed by atoms with van der Waals surface area (Å²) in [4.78, 5) is 0. The van der Waals surface area contributed by atoms with E-state index in [4.69, 9.17) is 9.84 Å². The molecule has 4 unspecified atom stereocenters. The average molecular weight is 228 g/mol. The molecule has 2 bridgehead atoms. The summed E-state index contributed by atoms with van der Waals surface area (Å²) in [5.74, 6) is 0.758. The molecule has 0 aromatic heterocycles. The van der Waals surface area contributed by atoms with E-state index in [1.54, 1.807) is 0 Å². The van der Waals surface area contributed by atoms with Crippen molar-refractivity contribution in [1.82, 2.24) is 0 Å². The van der Waals surface area contributed by atoms with Gasteiger partial charge >= 0.3 is 0 Å². The van der Waals surface area contributed by atoms with Gasteiger partial charge in [-0.1, -0.05) is 20.8 Å². The van der Waals surface area contributed by atoms with E-state index in [-0.39, 0.29) is 24.7 Å². The SMILES string of the molecule is CC1(C)C2CCC1(C)C(OCC(O)CO)C2. The van der Waals surface area contributed by atoms with Gasteiger partial charge in [-0.05, 0) is 36.0 Å². The van der Waals surface area contributed by atoms with Gasteiger partial charge in [-0.2, -0.15) is 0 Å².